The third-order valence-electron chi connectivity index (χ3n) is 13.7. The van der Waals surface area contributed by atoms with E-state index in [1.54, 1.807) is 0 Å². The molecule has 10 heteroatoms. The average molecular weight is 1060 g/mol. The van der Waals surface area contributed by atoms with Gasteiger partial charge in [0, 0.05) is 19.4 Å². The third kappa shape index (κ3) is 59.0. The topological polar surface area (TPSA) is 134 Å². The van der Waals surface area contributed by atoms with E-state index in [-0.39, 0.29) is 38.6 Å². The maximum Gasteiger partial charge on any atom is 0.472 e. The Morgan fingerprint density at radius 1 is 0.419 bits per heavy atom. The fourth-order valence-corrected chi connectivity index (χ4v) is 9.84. The van der Waals surface area contributed by atoms with Crippen LogP contribution in [0.2, 0.25) is 0 Å². The van der Waals surface area contributed by atoms with Crippen LogP contribution in [-0.2, 0) is 32.7 Å². The minimum absolute atomic E-state index is 0.0546. The standard InChI is InChI=1S/C64H118NO8P/c1-3-5-7-9-11-13-15-17-19-21-23-25-26-27-28-29-30-31-32-33-34-35-36-37-39-41-43-45-47-49-51-53-55-57-64(67)73-62(61-72-74(68,69)71-59-58-65)60-70-63(66)56-54-52-50-48-46-44-42-40-38-24-22-20-18-16-14-12-10-8-6-4-2/h5,7,11,13,17,19,23,25,27-28,62H,3-4,6,8-10,12,14-16,18,20-22,24,26,29-61,65H2,1-2H3,(H,68,69)/b7-5-,13-11-,19-17-,25-23-,28-27-. The van der Waals surface area contributed by atoms with Crippen LogP contribution in [-0.4, -0.2) is 49.3 Å². The van der Waals surface area contributed by atoms with Gasteiger partial charge in [-0.2, -0.15) is 0 Å². The Labute approximate surface area is 457 Å². The molecule has 0 aliphatic rings. The van der Waals surface area contributed by atoms with Crippen molar-refractivity contribution >= 4 is 19.8 Å². The molecule has 0 aromatic carbocycles. The molecule has 9 nitrogen and oxygen atoms in total. The highest BCUT2D eigenvalue weighted by Crippen LogP contribution is 2.43. The van der Waals surface area contributed by atoms with E-state index in [2.05, 4.69) is 74.6 Å². The summed E-state index contributed by atoms with van der Waals surface area (Å²) in [6.07, 6.45) is 75.8. The first-order valence-corrected chi connectivity index (χ1v) is 32.8. The van der Waals surface area contributed by atoms with E-state index in [1.165, 1.54) is 199 Å². The molecule has 0 heterocycles. The zero-order valence-electron chi connectivity index (χ0n) is 48.3. The molecule has 0 saturated heterocycles. The number of hydrogen-bond acceptors (Lipinski definition) is 8. The summed E-state index contributed by atoms with van der Waals surface area (Å²) in [4.78, 5) is 35.2. The van der Waals surface area contributed by atoms with E-state index in [4.69, 9.17) is 24.3 Å². The molecule has 0 spiro atoms. The van der Waals surface area contributed by atoms with Gasteiger partial charge in [-0.25, -0.2) is 4.57 Å². The quantitative estimate of drug-likeness (QED) is 0.0264. The fraction of sp³-hybridized carbons (Fsp3) is 0.812. The molecule has 0 aromatic rings. The lowest BCUT2D eigenvalue weighted by molar-refractivity contribution is -0.161. The van der Waals surface area contributed by atoms with Crippen LogP contribution in [0.1, 0.15) is 303 Å². The highest BCUT2D eigenvalue weighted by atomic mass is 31.2. The predicted octanol–water partition coefficient (Wildman–Crippen LogP) is 19.9. The van der Waals surface area contributed by atoms with Crippen molar-refractivity contribution in [1.29, 1.82) is 0 Å². The third-order valence-corrected chi connectivity index (χ3v) is 14.7. The van der Waals surface area contributed by atoms with E-state index in [1.807, 2.05) is 0 Å². The Balaban J connectivity index is 3.88. The first-order chi connectivity index (χ1) is 36.3. The van der Waals surface area contributed by atoms with Crippen LogP contribution in [0, 0.1) is 0 Å². The summed E-state index contributed by atoms with van der Waals surface area (Å²) in [5.74, 6) is -0.812. The molecule has 0 aromatic heterocycles. The van der Waals surface area contributed by atoms with E-state index in [0.29, 0.717) is 6.42 Å². The van der Waals surface area contributed by atoms with Gasteiger partial charge in [0.2, 0.25) is 0 Å². The number of phosphoric ester groups is 1. The molecule has 0 saturated carbocycles. The molecule has 0 fully saturated rings. The number of unbranched alkanes of at least 4 members (excludes halogenated alkanes) is 36. The van der Waals surface area contributed by atoms with Gasteiger partial charge in [-0.3, -0.25) is 18.6 Å². The summed E-state index contributed by atoms with van der Waals surface area (Å²) in [5, 5.41) is 0. The molecule has 432 valence electrons. The summed E-state index contributed by atoms with van der Waals surface area (Å²) >= 11 is 0. The van der Waals surface area contributed by atoms with Gasteiger partial charge in [-0.05, 0) is 57.8 Å². The van der Waals surface area contributed by atoms with Gasteiger partial charge < -0.3 is 20.1 Å². The van der Waals surface area contributed by atoms with Crippen molar-refractivity contribution in [3.63, 3.8) is 0 Å². The van der Waals surface area contributed by atoms with Crippen molar-refractivity contribution in [3.05, 3.63) is 60.8 Å². The Kier molecular flexibility index (Phi) is 58.1. The first-order valence-electron chi connectivity index (χ1n) is 31.3. The Hall–Kier alpha value is -2.29. The maximum atomic E-state index is 12.7. The maximum absolute atomic E-state index is 12.7. The average Bonchev–Trinajstić information content (AvgIpc) is 3.39. The Bertz CT molecular complexity index is 1390. The number of esters is 2. The lowest BCUT2D eigenvalue weighted by Crippen LogP contribution is -2.29. The number of nitrogens with two attached hydrogens (primary N) is 1. The van der Waals surface area contributed by atoms with Gasteiger partial charge in [0.1, 0.15) is 6.61 Å². The fourth-order valence-electron chi connectivity index (χ4n) is 9.08. The highest BCUT2D eigenvalue weighted by molar-refractivity contribution is 7.47. The first kappa shape index (κ1) is 71.7. The Morgan fingerprint density at radius 2 is 0.743 bits per heavy atom. The van der Waals surface area contributed by atoms with Crippen LogP contribution in [0.3, 0.4) is 0 Å². The van der Waals surface area contributed by atoms with Gasteiger partial charge in [0.15, 0.2) is 6.10 Å². The van der Waals surface area contributed by atoms with Crippen LogP contribution in [0.15, 0.2) is 60.8 Å². The van der Waals surface area contributed by atoms with Crippen LogP contribution < -0.4 is 5.73 Å². The van der Waals surface area contributed by atoms with Crippen LogP contribution in [0.25, 0.3) is 0 Å². The van der Waals surface area contributed by atoms with Crippen molar-refractivity contribution < 1.29 is 37.6 Å². The zero-order valence-corrected chi connectivity index (χ0v) is 49.2. The normalized spacial score (nSPS) is 13.4. The van der Waals surface area contributed by atoms with Crippen molar-refractivity contribution in [2.75, 3.05) is 26.4 Å². The predicted molar refractivity (Wildman–Crippen MR) is 316 cm³/mol. The minimum Gasteiger partial charge on any atom is -0.462 e. The summed E-state index contributed by atoms with van der Waals surface area (Å²) in [7, 11) is -4.39. The molecule has 3 N–H and O–H groups in total. The summed E-state index contributed by atoms with van der Waals surface area (Å²) < 4.78 is 33.1. The minimum atomic E-state index is -4.39. The summed E-state index contributed by atoms with van der Waals surface area (Å²) in [5.41, 5.74) is 5.39. The van der Waals surface area contributed by atoms with Gasteiger partial charge in [-0.1, -0.05) is 293 Å². The van der Waals surface area contributed by atoms with Gasteiger partial charge in [-0.15, -0.1) is 0 Å². The molecule has 0 aliphatic carbocycles. The van der Waals surface area contributed by atoms with Crippen molar-refractivity contribution in [1.82, 2.24) is 0 Å². The molecular weight excluding hydrogens is 942 g/mol. The van der Waals surface area contributed by atoms with E-state index >= 15 is 0 Å². The number of hydrogen-bond donors (Lipinski definition) is 2. The highest BCUT2D eigenvalue weighted by Gasteiger charge is 2.26. The molecule has 0 radical (unpaired) electrons. The largest absolute Gasteiger partial charge is 0.472 e. The number of ether oxygens (including phenoxy) is 2. The van der Waals surface area contributed by atoms with Gasteiger partial charge in [0.05, 0.1) is 13.2 Å². The van der Waals surface area contributed by atoms with Crippen molar-refractivity contribution in [2.45, 2.75) is 309 Å². The molecular formula is C64H118NO8P. The Morgan fingerprint density at radius 3 is 1.11 bits per heavy atom. The molecule has 2 atom stereocenters. The van der Waals surface area contributed by atoms with E-state index in [9.17, 15) is 19.0 Å². The molecule has 0 aliphatic heterocycles. The number of phosphoric acid groups is 1. The smallest absolute Gasteiger partial charge is 0.462 e. The molecule has 0 bridgehead atoms. The molecule has 0 amide bonds. The SMILES string of the molecule is CC/C=C\C/C=C\C/C=C\C/C=C\C/C=C\CCCCCCCCCCCCCCCCCCCC(=O)OC(COC(=O)CCCCCCCCCCCCCCCCCCCCCC)COP(=O)(O)OCCN. The molecule has 0 rings (SSSR count). The zero-order chi connectivity index (χ0) is 53.8. The summed E-state index contributed by atoms with van der Waals surface area (Å²) in [6.45, 7) is 3.68. The summed E-state index contributed by atoms with van der Waals surface area (Å²) in [6, 6.07) is 0. The van der Waals surface area contributed by atoms with Crippen LogP contribution >= 0.6 is 7.82 Å². The number of rotatable bonds is 59. The number of allylic oxidation sites excluding steroid dienone is 10. The van der Waals surface area contributed by atoms with Crippen LogP contribution in [0.5, 0.6) is 0 Å². The second kappa shape index (κ2) is 59.9. The monoisotopic (exact) mass is 1060 g/mol. The molecule has 74 heavy (non-hydrogen) atoms. The second-order valence-electron chi connectivity index (χ2n) is 20.9. The number of carbonyl (C=O) groups excluding carboxylic acids is 2. The van der Waals surface area contributed by atoms with Gasteiger partial charge in [0.25, 0.3) is 0 Å². The van der Waals surface area contributed by atoms with Crippen molar-refractivity contribution in [2.24, 2.45) is 5.73 Å². The van der Waals surface area contributed by atoms with Crippen molar-refractivity contribution in [3.8, 4) is 0 Å². The van der Waals surface area contributed by atoms with Crippen LogP contribution in [0.4, 0.5) is 0 Å². The van der Waals surface area contributed by atoms with E-state index in [0.717, 1.165) is 70.6 Å². The van der Waals surface area contributed by atoms with Gasteiger partial charge >= 0.3 is 19.8 Å². The lowest BCUT2D eigenvalue weighted by Gasteiger charge is -2.19. The molecule has 2 unspecified atom stereocenters. The van der Waals surface area contributed by atoms with E-state index < -0.39 is 26.5 Å². The second-order valence-corrected chi connectivity index (χ2v) is 22.4. The number of carbonyl (C=O) groups is 2. The lowest BCUT2D eigenvalue weighted by atomic mass is 10.0.